The molecule has 0 saturated heterocycles. The smallest absolute Gasteiger partial charge is 0.319 e. The van der Waals surface area contributed by atoms with Gasteiger partial charge in [0.25, 0.3) is 0 Å². The molecule has 0 fully saturated rings. The van der Waals surface area contributed by atoms with Crippen LogP contribution in [0.4, 0.5) is 10.5 Å². The van der Waals surface area contributed by atoms with Gasteiger partial charge < -0.3 is 15.7 Å². The van der Waals surface area contributed by atoms with Crippen molar-refractivity contribution in [3.63, 3.8) is 0 Å². The van der Waals surface area contributed by atoms with Crippen molar-refractivity contribution >= 4 is 17.7 Å². The lowest BCUT2D eigenvalue weighted by Gasteiger charge is -2.14. The Morgan fingerprint density at radius 1 is 1.40 bits per heavy atom. The van der Waals surface area contributed by atoms with E-state index in [1.165, 1.54) is 0 Å². The van der Waals surface area contributed by atoms with Crippen LogP contribution in [-0.4, -0.2) is 28.6 Å². The highest BCUT2D eigenvalue weighted by molar-refractivity contribution is 5.88. The van der Waals surface area contributed by atoms with E-state index in [1.807, 2.05) is 6.92 Å². The summed E-state index contributed by atoms with van der Waals surface area (Å²) in [6, 6.07) is 3.23. The maximum Gasteiger partial charge on any atom is 0.319 e. The van der Waals surface area contributed by atoms with Gasteiger partial charge in [0, 0.05) is 19.2 Å². The maximum absolute atomic E-state index is 11.6. The summed E-state index contributed by atoms with van der Waals surface area (Å²) in [6.07, 6.45) is 5.74. The van der Waals surface area contributed by atoms with Crippen LogP contribution in [0, 0.1) is 5.92 Å². The standard InChI is InChI=1S/C14H21N3O3/c1-2-11(5-6-13(18)19)7-9-16-14(20)17-12-4-3-8-15-10-12/h3-4,8,10-11H,2,5-7,9H2,1H3,(H,18,19)(H2,16,17,20). The summed E-state index contributed by atoms with van der Waals surface area (Å²) in [5, 5.41) is 14.1. The molecule has 0 aliphatic heterocycles. The normalized spacial score (nSPS) is 11.7. The lowest BCUT2D eigenvalue weighted by molar-refractivity contribution is -0.137. The fourth-order valence-corrected chi connectivity index (χ4v) is 1.88. The third-order valence-electron chi connectivity index (χ3n) is 3.10. The van der Waals surface area contributed by atoms with Crippen molar-refractivity contribution in [3.05, 3.63) is 24.5 Å². The fraction of sp³-hybridized carbons (Fsp3) is 0.500. The van der Waals surface area contributed by atoms with Crippen molar-refractivity contribution in [1.82, 2.24) is 10.3 Å². The molecule has 110 valence electrons. The molecule has 0 aliphatic carbocycles. The fourth-order valence-electron chi connectivity index (χ4n) is 1.88. The Balaban J connectivity index is 2.21. The molecule has 1 unspecified atom stereocenters. The van der Waals surface area contributed by atoms with Crippen LogP contribution in [0.1, 0.15) is 32.6 Å². The lowest BCUT2D eigenvalue weighted by atomic mass is 9.97. The van der Waals surface area contributed by atoms with Crippen LogP contribution >= 0.6 is 0 Å². The van der Waals surface area contributed by atoms with Crippen molar-refractivity contribution in [2.45, 2.75) is 32.6 Å². The number of amides is 2. The molecule has 0 aromatic carbocycles. The van der Waals surface area contributed by atoms with Crippen molar-refractivity contribution in [1.29, 1.82) is 0 Å². The summed E-state index contributed by atoms with van der Waals surface area (Å²) in [5.41, 5.74) is 0.642. The van der Waals surface area contributed by atoms with E-state index in [-0.39, 0.29) is 12.5 Å². The summed E-state index contributed by atoms with van der Waals surface area (Å²) in [7, 11) is 0. The zero-order chi connectivity index (χ0) is 14.8. The highest BCUT2D eigenvalue weighted by Crippen LogP contribution is 2.14. The molecule has 2 amide bonds. The van der Waals surface area contributed by atoms with Gasteiger partial charge in [-0.3, -0.25) is 9.78 Å². The summed E-state index contributed by atoms with van der Waals surface area (Å²) >= 11 is 0. The van der Waals surface area contributed by atoms with Crippen LogP contribution in [0.15, 0.2) is 24.5 Å². The van der Waals surface area contributed by atoms with Crippen LogP contribution in [0.5, 0.6) is 0 Å². The highest BCUT2D eigenvalue weighted by Gasteiger charge is 2.09. The molecule has 1 atom stereocenters. The first kappa shape index (κ1) is 15.9. The number of hydrogen-bond acceptors (Lipinski definition) is 3. The van der Waals surface area contributed by atoms with E-state index in [4.69, 9.17) is 5.11 Å². The molecule has 1 aromatic rings. The molecule has 0 radical (unpaired) electrons. The number of nitrogens with one attached hydrogen (secondary N) is 2. The number of carboxylic acids is 1. The Labute approximate surface area is 118 Å². The number of nitrogens with zero attached hydrogens (tertiary/aromatic N) is 1. The number of carbonyl (C=O) groups is 2. The Morgan fingerprint density at radius 3 is 2.80 bits per heavy atom. The number of rotatable bonds is 8. The minimum Gasteiger partial charge on any atom is -0.481 e. The Bertz CT molecular complexity index is 423. The minimum absolute atomic E-state index is 0.181. The van der Waals surface area contributed by atoms with Gasteiger partial charge in [0.1, 0.15) is 0 Å². The van der Waals surface area contributed by atoms with Crippen LogP contribution in [0.25, 0.3) is 0 Å². The molecule has 0 spiro atoms. The van der Waals surface area contributed by atoms with Gasteiger partial charge in [0.05, 0.1) is 11.9 Å². The molecule has 1 heterocycles. The number of carbonyl (C=O) groups excluding carboxylic acids is 1. The van der Waals surface area contributed by atoms with Gasteiger partial charge in [-0.1, -0.05) is 13.3 Å². The van der Waals surface area contributed by atoms with E-state index in [2.05, 4.69) is 15.6 Å². The van der Waals surface area contributed by atoms with Gasteiger partial charge in [0.2, 0.25) is 0 Å². The highest BCUT2D eigenvalue weighted by atomic mass is 16.4. The van der Waals surface area contributed by atoms with E-state index in [0.29, 0.717) is 24.6 Å². The summed E-state index contributed by atoms with van der Waals surface area (Å²) in [6.45, 7) is 2.56. The van der Waals surface area contributed by atoms with Gasteiger partial charge in [-0.2, -0.15) is 0 Å². The Hall–Kier alpha value is -2.11. The molecule has 1 rings (SSSR count). The molecule has 6 heteroatoms. The Kier molecular flexibility index (Phi) is 7.10. The van der Waals surface area contributed by atoms with E-state index in [1.54, 1.807) is 24.5 Å². The third-order valence-corrected chi connectivity index (χ3v) is 3.10. The number of carboxylic acid groups (broad SMARTS) is 1. The van der Waals surface area contributed by atoms with Crippen molar-refractivity contribution < 1.29 is 14.7 Å². The van der Waals surface area contributed by atoms with Crippen molar-refractivity contribution in [2.24, 2.45) is 5.92 Å². The molecule has 3 N–H and O–H groups in total. The van der Waals surface area contributed by atoms with Gasteiger partial charge in [-0.05, 0) is 30.9 Å². The first-order chi connectivity index (χ1) is 9.61. The number of urea groups is 1. The van der Waals surface area contributed by atoms with Crippen molar-refractivity contribution in [2.75, 3.05) is 11.9 Å². The maximum atomic E-state index is 11.6. The van der Waals surface area contributed by atoms with Crippen LogP contribution in [-0.2, 0) is 4.79 Å². The minimum atomic E-state index is -0.772. The molecule has 6 nitrogen and oxygen atoms in total. The number of pyridine rings is 1. The zero-order valence-electron chi connectivity index (χ0n) is 11.6. The summed E-state index contributed by atoms with van der Waals surface area (Å²) in [4.78, 5) is 26.0. The number of hydrogen-bond donors (Lipinski definition) is 3. The van der Waals surface area contributed by atoms with Crippen molar-refractivity contribution in [3.8, 4) is 0 Å². The number of aliphatic carboxylic acids is 1. The van der Waals surface area contributed by atoms with E-state index < -0.39 is 5.97 Å². The predicted molar refractivity (Wildman–Crippen MR) is 76.5 cm³/mol. The van der Waals surface area contributed by atoms with Crippen LogP contribution < -0.4 is 10.6 Å². The quantitative estimate of drug-likeness (QED) is 0.681. The number of aromatic nitrogens is 1. The number of anilines is 1. The summed E-state index contributed by atoms with van der Waals surface area (Å²) < 4.78 is 0. The molecule has 0 saturated carbocycles. The second-order valence-electron chi connectivity index (χ2n) is 4.62. The second kappa shape index (κ2) is 8.90. The van der Waals surface area contributed by atoms with E-state index in [9.17, 15) is 9.59 Å². The van der Waals surface area contributed by atoms with E-state index in [0.717, 1.165) is 12.8 Å². The molecule has 0 aliphatic rings. The van der Waals surface area contributed by atoms with Crippen LogP contribution in [0.2, 0.25) is 0 Å². The van der Waals surface area contributed by atoms with Gasteiger partial charge in [0.15, 0.2) is 0 Å². The lowest BCUT2D eigenvalue weighted by Crippen LogP contribution is -2.30. The van der Waals surface area contributed by atoms with Gasteiger partial charge >= 0.3 is 12.0 Å². The first-order valence-corrected chi connectivity index (χ1v) is 6.78. The third kappa shape index (κ3) is 6.72. The summed E-state index contributed by atoms with van der Waals surface area (Å²) in [5.74, 6) is -0.449. The first-order valence-electron chi connectivity index (χ1n) is 6.78. The zero-order valence-corrected chi connectivity index (χ0v) is 11.6. The topological polar surface area (TPSA) is 91.3 Å². The average molecular weight is 279 g/mol. The Morgan fingerprint density at radius 2 is 2.20 bits per heavy atom. The average Bonchev–Trinajstić information content (AvgIpc) is 2.43. The molecule has 20 heavy (non-hydrogen) atoms. The molecular formula is C14H21N3O3. The SMILES string of the molecule is CCC(CCNC(=O)Nc1cccnc1)CCC(=O)O. The molecule has 1 aromatic heterocycles. The van der Waals surface area contributed by atoms with Crippen LogP contribution in [0.3, 0.4) is 0 Å². The second-order valence-corrected chi connectivity index (χ2v) is 4.62. The monoisotopic (exact) mass is 279 g/mol. The van der Waals surface area contributed by atoms with Gasteiger partial charge in [-0.25, -0.2) is 4.79 Å². The van der Waals surface area contributed by atoms with Gasteiger partial charge in [-0.15, -0.1) is 0 Å². The molecular weight excluding hydrogens is 258 g/mol. The molecule has 0 bridgehead atoms. The van der Waals surface area contributed by atoms with E-state index >= 15 is 0 Å². The predicted octanol–water partition coefficient (Wildman–Crippen LogP) is 2.48. The largest absolute Gasteiger partial charge is 0.481 e.